The van der Waals surface area contributed by atoms with Crippen molar-refractivity contribution in [2.24, 2.45) is 0 Å². The molecule has 0 atom stereocenters. The van der Waals surface area contributed by atoms with Crippen molar-refractivity contribution in [1.29, 1.82) is 0 Å². The molecule has 21 heavy (non-hydrogen) atoms. The average molecular weight is 358 g/mol. The van der Waals surface area contributed by atoms with Gasteiger partial charge in [0.15, 0.2) is 0 Å². The second-order valence-corrected chi connectivity index (χ2v) is 5.20. The largest absolute Gasteiger partial charge is 0.383 e. The number of benzene rings is 1. The van der Waals surface area contributed by atoms with E-state index >= 15 is 0 Å². The summed E-state index contributed by atoms with van der Waals surface area (Å²) in [5.41, 5.74) is 0.580. The molecule has 0 saturated heterocycles. The lowest BCUT2D eigenvalue weighted by Crippen LogP contribution is -2.39. The van der Waals surface area contributed by atoms with Crippen LogP contribution < -0.4 is 16.0 Å². The van der Waals surface area contributed by atoms with Crippen molar-refractivity contribution in [3.63, 3.8) is 0 Å². The van der Waals surface area contributed by atoms with E-state index in [4.69, 9.17) is 4.74 Å². The number of amides is 2. The van der Waals surface area contributed by atoms with Crippen molar-refractivity contribution in [1.82, 2.24) is 16.0 Å². The molecule has 0 aliphatic heterocycles. The molecule has 3 N–H and O–H groups in total. The highest BCUT2D eigenvalue weighted by molar-refractivity contribution is 9.10. The Bertz CT molecular complexity index is 469. The summed E-state index contributed by atoms with van der Waals surface area (Å²) in [5.74, 6) is -0.272. The Hall–Kier alpha value is -1.44. The highest BCUT2D eigenvalue weighted by atomic mass is 79.9. The Labute approximate surface area is 132 Å². The fraction of sp³-hybridized carbons (Fsp3) is 0.429. The van der Waals surface area contributed by atoms with Crippen LogP contribution >= 0.6 is 15.9 Å². The molecule has 116 valence electrons. The van der Waals surface area contributed by atoms with Gasteiger partial charge in [0, 0.05) is 36.8 Å². The standard InChI is InChI=1S/C14H20BrN3O3/c1-21-8-7-16-10-13(19)17-5-6-18-14(20)11-3-2-4-12(15)9-11/h2-4,9,16H,5-8,10H2,1H3,(H,17,19)(H,18,20). The van der Waals surface area contributed by atoms with Crippen LogP contribution in [0.3, 0.4) is 0 Å². The highest BCUT2D eigenvalue weighted by Gasteiger charge is 2.05. The van der Waals surface area contributed by atoms with E-state index in [0.717, 1.165) is 4.47 Å². The minimum atomic E-state index is -0.163. The molecular weight excluding hydrogens is 338 g/mol. The molecule has 0 saturated carbocycles. The average Bonchev–Trinajstić information content (AvgIpc) is 2.48. The monoisotopic (exact) mass is 357 g/mol. The van der Waals surface area contributed by atoms with Gasteiger partial charge < -0.3 is 20.7 Å². The lowest BCUT2D eigenvalue weighted by atomic mass is 10.2. The lowest BCUT2D eigenvalue weighted by molar-refractivity contribution is -0.120. The van der Waals surface area contributed by atoms with Crippen LogP contribution in [0.2, 0.25) is 0 Å². The maximum absolute atomic E-state index is 11.8. The van der Waals surface area contributed by atoms with E-state index in [0.29, 0.717) is 31.8 Å². The fourth-order valence-electron chi connectivity index (χ4n) is 1.55. The van der Waals surface area contributed by atoms with E-state index in [-0.39, 0.29) is 18.4 Å². The summed E-state index contributed by atoms with van der Waals surface area (Å²) in [4.78, 5) is 23.2. The molecule has 2 amide bonds. The molecule has 1 aromatic rings. The number of carbonyl (C=O) groups excluding carboxylic acids is 2. The third kappa shape index (κ3) is 7.79. The van der Waals surface area contributed by atoms with Gasteiger partial charge in [0.1, 0.15) is 0 Å². The van der Waals surface area contributed by atoms with Crippen LogP contribution in [0.1, 0.15) is 10.4 Å². The van der Waals surface area contributed by atoms with E-state index < -0.39 is 0 Å². The van der Waals surface area contributed by atoms with Gasteiger partial charge >= 0.3 is 0 Å². The molecule has 1 rings (SSSR count). The topological polar surface area (TPSA) is 79.5 Å². The Morgan fingerprint density at radius 2 is 1.95 bits per heavy atom. The molecular formula is C14H20BrN3O3. The number of nitrogens with one attached hydrogen (secondary N) is 3. The minimum Gasteiger partial charge on any atom is -0.383 e. The van der Waals surface area contributed by atoms with Gasteiger partial charge in [-0.25, -0.2) is 0 Å². The number of methoxy groups -OCH3 is 1. The van der Waals surface area contributed by atoms with Crippen molar-refractivity contribution in [2.45, 2.75) is 0 Å². The van der Waals surface area contributed by atoms with Gasteiger partial charge in [-0.3, -0.25) is 9.59 Å². The first kappa shape index (κ1) is 17.6. The van der Waals surface area contributed by atoms with Gasteiger partial charge in [-0.1, -0.05) is 22.0 Å². The van der Waals surface area contributed by atoms with Gasteiger partial charge in [-0.2, -0.15) is 0 Å². The Morgan fingerprint density at radius 3 is 2.67 bits per heavy atom. The molecule has 0 aliphatic carbocycles. The summed E-state index contributed by atoms with van der Waals surface area (Å²) < 4.78 is 5.71. The first-order chi connectivity index (χ1) is 10.1. The van der Waals surface area contributed by atoms with Gasteiger partial charge in [0.2, 0.25) is 5.91 Å². The number of hydrogen-bond donors (Lipinski definition) is 3. The van der Waals surface area contributed by atoms with E-state index in [1.165, 1.54) is 0 Å². The lowest BCUT2D eigenvalue weighted by Gasteiger charge is -2.08. The summed E-state index contributed by atoms with van der Waals surface area (Å²) in [5, 5.41) is 8.39. The van der Waals surface area contributed by atoms with Gasteiger partial charge in [-0.15, -0.1) is 0 Å². The summed E-state index contributed by atoms with van der Waals surface area (Å²) in [6.45, 7) is 2.21. The molecule has 0 heterocycles. The molecule has 1 aromatic carbocycles. The predicted octanol–water partition coefficient (Wildman–Crippen LogP) is 0.531. The van der Waals surface area contributed by atoms with Crippen LogP contribution in [0.25, 0.3) is 0 Å². The second kappa shape index (κ2) is 10.3. The molecule has 0 fully saturated rings. The summed E-state index contributed by atoms with van der Waals surface area (Å²) in [6.07, 6.45) is 0. The number of hydrogen-bond acceptors (Lipinski definition) is 4. The maximum atomic E-state index is 11.8. The van der Waals surface area contributed by atoms with Crippen molar-refractivity contribution < 1.29 is 14.3 Å². The molecule has 7 heteroatoms. The van der Waals surface area contributed by atoms with E-state index in [1.807, 2.05) is 6.07 Å². The smallest absolute Gasteiger partial charge is 0.251 e. The number of halogens is 1. The SMILES string of the molecule is COCCNCC(=O)NCCNC(=O)c1cccc(Br)c1. The zero-order valence-electron chi connectivity index (χ0n) is 11.9. The van der Waals surface area contributed by atoms with Crippen molar-refractivity contribution >= 4 is 27.7 Å². The zero-order chi connectivity index (χ0) is 15.5. The summed E-state index contributed by atoms with van der Waals surface area (Å²) >= 11 is 3.31. The van der Waals surface area contributed by atoms with Crippen molar-refractivity contribution in [3.8, 4) is 0 Å². The van der Waals surface area contributed by atoms with Crippen molar-refractivity contribution in [2.75, 3.05) is 39.9 Å². The van der Waals surface area contributed by atoms with E-state index in [1.54, 1.807) is 25.3 Å². The number of ether oxygens (including phenoxy) is 1. The third-order valence-electron chi connectivity index (χ3n) is 2.59. The summed E-state index contributed by atoms with van der Waals surface area (Å²) in [6, 6.07) is 7.13. The third-order valence-corrected chi connectivity index (χ3v) is 3.08. The molecule has 0 spiro atoms. The van der Waals surface area contributed by atoms with Crippen LogP contribution in [0.15, 0.2) is 28.7 Å². The molecule has 0 aromatic heterocycles. The van der Waals surface area contributed by atoms with Crippen LogP contribution in [0.4, 0.5) is 0 Å². The summed E-state index contributed by atoms with van der Waals surface area (Å²) in [7, 11) is 1.61. The number of carbonyl (C=O) groups is 2. The first-order valence-corrected chi connectivity index (χ1v) is 7.43. The maximum Gasteiger partial charge on any atom is 0.251 e. The van der Waals surface area contributed by atoms with Gasteiger partial charge in [0.05, 0.1) is 13.2 Å². The zero-order valence-corrected chi connectivity index (χ0v) is 13.5. The van der Waals surface area contributed by atoms with E-state index in [2.05, 4.69) is 31.9 Å². The number of rotatable bonds is 9. The molecule has 0 radical (unpaired) electrons. The van der Waals surface area contributed by atoms with Crippen LogP contribution in [-0.2, 0) is 9.53 Å². The fourth-order valence-corrected chi connectivity index (χ4v) is 1.95. The molecule has 0 aliphatic rings. The van der Waals surface area contributed by atoms with Crippen molar-refractivity contribution in [3.05, 3.63) is 34.3 Å². The van der Waals surface area contributed by atoms with Crippen LogP contribution in [0, 0.1) is 0 Å². The van der Waals surface area contributed by atoms with Crippen LogP contribution in [-0.4, -0.2) is 51.7 Å². The first-order valence-electron chi connectivity index (χ1n) is 6.63. The Balaban J connectivity index is 2.13. The Kier molecular flexibility index (Phi) is 8.65. The van der Waals surface area contributed by atoms with Crippen LogP contribution in [0.5, 0.6) is 0 Å². The normalized spacial score (nSPS) is 10.2. The van der Waals surface area contributed by atoms with Gasteiger partial charge in [0.25, 0.3) is 5.91 Å². The van der Waals surface area contributed by atoms with E-state index in [9.17, 15) is 9.59 Å². The highest BCUT2D eigenvalue weighted by Crippen LogP contribution is 2.11. The Morgan fingerprint density at radius 1 is 1.19 bits per heavy atom. The van der Waals surface area contributed by atoms with Gasteiger partial charge in [-0.05, 0) is 18.2 Å². The molecule has 6 nitrogen and oxygen atoms in total. The quantitative estimate of drug-likeness (QED) is 0.563. The predicted molar refractivity (Wildman–Crippen MR) is 84.2 cm³/mol. The second-order valence-electron chi connectivity index (χ2n) is 4.29. The molecule has 0 bridgehead atoms. The minimum absolute atomic E-state index is 0.109. The molecule has 0 unspecified atom stereocenters.